The zero-order valence-electron chi connectivity index (χ0n) is 14.8. The lowest BCUT2D eigenvalue weighted by atomic mass is 9.98. The van der Waals surface area contributed by atoms with Crippen LogP contribution >= 0.6 is 30.5 Å². The average molecular weight is 412 g/mol. The summed E-state index contributed by atoms with van der Waals surface area (Å²) >= 11 is 6.89. The number of halogens is 1. The molecule has 2 rings (SSSR count). The fourth-order valence-electron chi connectivity index (χ4n) is 1.96. The first-order valence-corrected chi connectivity index (χ1v) is 10.5. The molecule has 2 N–H and O–H groups in total. The van der Waals surface area contributed by atoms with E-state index in [9.17, 15) is 14.5 Å². The summed E-state index contributed by atoms with van der Waals surface area (Å²) < 4.78 is 18.4. The molecule has 0 amide bonds. The maximum absolute atomic E-state index is 13.2. The molecule has 8 heteroatoms. The van der Waals surface area contributed by atoms with Gasteiger partial charge in [0.05, 0.1) is 15.9 Å². The Balaban J connectivity index is 2.44. The molecule has 26 heavy (non-hydrogen) atoms. The van der Waals surface area contributed by atoms with Gasteiger partial charge in [0.2, 0.25) is 0 Å². The van der Waals surface area contributed by atoms with Crippen LogP contribution in [0.4, 0.5) is 5.69 Å². The van der Waals surface area contributed by atoms with E-state index in [1.165, 1.54) is 7.11 Å². The first-order valence-electron chi connectivity index (χ1n) is 7.64. The van der Waals surface area contributed by atoms with Crippen LogP contribution in [0.1, 0.15) is 35.3 Å². The topological polar surface area (TPSA) is 75.6 Å². The van der Waals surface area contributed by atoms with Crippen molar-refractivity contribution in [3.8, 4) is 11.8 Å². The third-order valence-electron chi connectivity index (χ3n) is 3.18. The Kier molecular flexibility index (Phi) is 6.21. The van der Waals surface area contributed by atoms with Crippen molar-refractivity contribution >= 4 is 47.4 Å². The molecule has 1 unspecified atom stereocenters. The third kappa shape index (κ3) is 5.12. The van der Waals surface area contributed by atoms with E-state index in [0.29, 0.717) is 15.2 Å². The van der Waals surface area contributed by atoms with Gasteiger partial charge in [0.1, 0.15) is 4.88 Å². The summed E-state index contributed by atoms with van der Waals surface area (Å²) in [7, 11) is -2.21. The lowest BCUT2D eigenvalue weighted by Crippen LogP contribution is -2.13. The van der Waals surface area contributed by atoms with Gasteiger partial charge in [-0.15, -0.1) is 11.3 Å². The van der Waals surface area contributed by atoms with Crippen LogP contribution < -0.4 is 10.4 Å². The molecule has 2 aromatic rings. The molecule has 0 saturated carbocycles. The van der Waals surface area contributed by atoms with Crippen molar-refractivity contribution in [1.82, 2.24) is 0 Å². The zero-order chi connectivity index (χ0) is 19.5. The average Bonchev–Trinajstić information content (AvgIpc) is 2.95. The Bertz CT molecular complexity index is 919. The second-order valence-electron chi connectivity index (χ2n) is 6.48. The highest BCUT2D eigenvalue weighted by Crippen LogP contribution is 2.47. The highest BCUT2D eigenvalue weighted by Gasteiger charge is 2.28. The number of aromatic carboxylic acids is 1. The van der Waals surface area contributed by atoms with E-state index in [0.717, 1.165) is 11.3 Å². The number of hydrogen-bond donors (Lipinski definition) is 2. The minimum Gasteiger partial charge on any atom is -0.477 e. The second kappa shape index (κ2) is 7.85. The van der Waals surface area contributed by atoms with Crippen molar-refractivity contribution in [2.75, 3.05) is 12.2 Å². The van der Waals surface area contributed by atoms with Gasteiger partial charge in [-0.05, 0) is 51.1 Å². The number of carboxylic acids is 1. The number of nitrogens with one attached hydrogen (secondary N) is 1. The van der Waals surface area contributed by atoms with Gasteiger partial charge < -0.3 is 14.7 Å². The summed E-state index contributed by atoms with van der Waals surface area (Å²) in [6, 6.07) is 7.92. The van der Waals surface area contributed by atoms with Crippen molar-refractivity contribution in [2.45, 2.75) is 20.8 Å². The molecule has 0 bridgehead atoms. The minimum atomic E-state index is -3.51. The van der Waals surface area contributed by atoms with E-state index in [4.69, 9.17) is 16.1 Å². The fourth-order valence-corrected chi connectivity index (χ4v) is 4.43. The maximum atomic E-state index is 13.2. The minimum absolute atomic E-state index is 0.0226. The zero-order valence-corrected chi connectivity index (χ0v) is 17.3. The third-order valence-corrected chi connectivity index (χ3v) is 6.50. The Hall–Kier alpha value is -1.77. The first kappa shape index (κ1) is 20.5. The van der Waals surface area contributed by atoms with Gasteiger partial charge in [-0.2, -0.15) is 0 Å². The maximum Gasteiger partial charge on any atom is 0.348 e. The molecule has 0 aliphatic carbocycles. The Morgan fingerprint density at radius 3 is 2.42 bits per heavy atom. The standard InChI is InChI=1S/C18H19ClNO4PS/c1-18(2,3)10-9-14-11-15(16(26-14)17(21)22)20-25(23,24-4)13-7-5-12(19)6-8-13/h5-8,11H,1-4H3,(H,20,23)(H,21,22). The molecular weight excluding hydrogens is 393 g/mol. The van der Waals surface area contributed by atoms with Crippen LogP contribution in [0.15, 0.2) is 30.3 Å². The van der Waals surface area contributed by atoms with Gasteiger partial charge in [-0.25, -0.2) is 4.79 Å². The van der Waals surface area contributed by atoms with Crippen LogP contribution in [0.5, 0.6) is 0 Å². The molecule has 0 spiro atoms. The van der Waals surface area contributed by atoms with E-state index in [2.05, 4.69) is 16.9 Å². The molecule has 0 fully saturated rings. The predicted molar refractivity (Wildman–Crippen MR) is 107 cm³/mol. The summed E-state index contributed by atoms with van der Waals surface area (Å²) in [6.45, 7) is 5.89. The van der Waals surface area contributed by atoms with E-state index in [1.54, 1.807) is 30.3 Å². The summed E-state index contributed by atoms with van der Waals surface area (Å²) in [5.41, 5.74) is -0.00706. The van der Waals surface area contributed by atoms with E-state index < -0.39 is 13.5 Å². The molecule has 1 heterocycles. The van der Waals surface area contributed by atoms with Gasteiger partial charge in [0.15, 0.2) is 0 Å². The number of anilines is 1. The summed E-state index contributed by atoms with van der Waals surface area (Å²) in [5.74, 6) is 4.90. The number of thiophene rings is 1. The van der Waals surface area contributed by atoms with Gasteiger partial charge in [0.25, 0.3) is 0 Å². The summed E-state index contributed by atoms with van der Waals surface area (Å²) in [6.07, 6.45) is 0. The highest BCUT2D eigenvalue weighted by molar-refractivity contribution is 7.68. The van der Waals surface area contributed by atoms with E-state index >= 15 is 0 Å². The first-order chi connectivity index (χ1) is 12.0. The lowest BCUT2D eigenvalue weighted by Gasteiger charge is -2.18. The number of carboxylic acid groups (broad SMARTS) is 1. The van der Waals surface area contributed by atoms with Crippen molar-refractivity contribution in [1.29, 1.82) is 0 Å². The number of carbonyl (C=O) groups is 1. The van der Waals surface area contributed by atoms with E-state index in [-0.39, 0.29) is 16.0 Å². The molecular formula is C18H19ClNO4PS. The van der Waals surface area contributed by atoms with Crippen LogP contribution in [-0.4, -0.2) is 18.2 Å². The molecule has 0 aliphatic heterocycles. The Morgan fingerprint density at radius 2 is 1.92 bits per heavy atom. The quantitative estimate of drug-likeness (QED) is 0.530. The number of rotatable bonds is 5. The van der Waals surface area contributed by atoms with Crippen molar-refractivity contribution < 1.29 is 19.0 Å². The van der Waals surface area contributed by atoms with Gasteiger partial charge in [-0.1, -0.05) is 23.4 Å². The normalized spacial score (nSPS) is 13.4. The number of hydrogen-bond acceptors (Lipinski definition) is 4. The number of benzene rings is 1. The Labute approximate surface area is 161 Å². The smallest absolute Gasteiger partial charge is 0.348 e. The van der Waals surface area contributed by atoms with Crippen LogP contribution in [-0.2, 0) is 9.09 Å². The van der Waals surface area contributed by atoms with Crippen molar-refractivity contribution in [3.05, 3.63) is 45.1 Å². The predicted octanol–water partition coefficient (Wildman–Crippen LogP) is 5.07. The monoisotopic (exact) mass is 411 g/mol. The van der Waals surface area contributed by atoms with Crippen molar-refractivity contribution in [3.63, 3.8) is 0 Å². The molecule has 138 valence electrons. The van der Waals surface area contributed by atoms with E-state index in [1.807, 2.05) is 20.8 Å². The molecule has 0 saturated heterocycles. The Morgan fingerprint density at radius 1 is 1.31 bits per heavy atom. The van der Waals surface area contributed by atoms with Crippen LogP contribution in [0, 0.1) is 17.3 Å². The van der Waals surface area contributed by atoms with Gasteiger partial charge >= 0.3 is 13.5 Å². The highest BCUT2D eigenvalue weighted by atomic mass is 35.5. The molecule has 0 aliphatic rings. The largest absolute Gasteiger partial charge is 0.477 e. The van der Waals surface area contributed by atoms with Crippen LogP contribution in [0.3, 0.4) is 0 Å². The van der Waals surface area contributed by atoms with Gasteiger partial charge in [0, 0.05) is 17.5 Å². The van der Waals surface area contributed by atoms with Crippen molar-refractivity contribution in [2.24, 2.45) is 5.41 Å². The van der Waals surface area contributed by atoms with Crippen LogP contribution in [0.2, 0.25) is 5.02 Å². The fraction of sp³-hybridized carbons (Fsp3) is 0.278. The molecule has 1 aromatic carbocycles. The van der Waals surface area contributed by atoms with Gasteiger partial charge in [-0.3, -0.25) is 4.57 Å². The summed E-state index contributed by atoms with van der Waals surface area (Å²) in [5, 5.41) is 13.1. The lowest BCUT2D eigenvalue weighted by molar-refractivity contribution is 0.0703. The molecule has 5 nitrogen and oxygen atoms in total. The molecule has 1 aromatic heterocycles. The SMILES string of the molecule is COP(=O)(Nc1cc(C#CC(C)(C)C)sc1C(=O)O)c1ccc(Cl)cc1. The summed E-state index contributed by atoms with van der Waals surface area (Å²) in [4.78, 5) is 12.2. The molecule has 1 atom stereocenters. The molecule has 0 radical (unpaired) electrons. The second-order valence-corrected chi connectivity index (χ2v) is 10.2. The van der Waals surface area contributed by atoms with Crippen LogP contribution in [0.25, 0.3) is 0 Å².